The van der Waals surface area contributed by atoms with Crippen molar-refractivity contribution in [3.8, 4) is 5.75 Å². The summed E-state index contributed by atoms with van der Waals surface area (Å²) in [6.45, 7) is 2.42. The minimum Gasteiger partial charge on any atom is -0.490 e. The molecule has 2 aliphatic heterocycles. The fourth-order valence-corrected chi connectivity index (χ4v) is 5.02. The molecule has 0 spiro atoms. The minimum absolute atomic E-state index is 0.0160. The molecule has 9 heteroatoms. The third kappa shape index (κ3) is 3.83. The number of alkyl halides is 3. The van der Waals surface area contributed by atoms with Crippen molar-refractivity contribution in [2.24, 2.45) is 5.92 Å². The first-order valence-electron chi connectivity index (χ1n) is 8.91. The summed E-state index contributed by atoms with van der Waals surface area (Å²) >= 11 is 1.13. The molecule has 2 aliphatic rings. The monoisotopic (exact) mass is 432 g/mol. The van der Waals surface area contributed by atoms with Gasteiger partial charge in [0.1, 0.15) is 5.82 Å². The van der Waals surface area contributed by atoms with Crippen molar-refractivity contribution in [2.75, 3.05) is 19.8 Å². The van der Waals surface area contributed by atoms with Gasteiger partial charge in [-0.1, -0.05) is 0 Å². The Labute approximate surface area is 168 Å². The van der Waals surface area contributed by atoms with Crippen LogP contribution in [0.4, 0.5) is 22.0 Å². The van der Waals surface area contributed by atoms with Crippen LogP contribution in [-0.2, 0) is 15.7 Å². The highest BCUT2D eigenvalue weighted by molar-refractivity contribution is 7.99. The number of fused-ring (bicyclic) bond motifs is 1. The molecule has 0 bridgehead atoms. The second-order valence-electron chi connectivity index (χ2n) is 6.96. The van der Waals surface area contributed by atoms with Crippen LogP contribution in [0.1, 0.15) is 23.3 Å². The molecule has 2 atom stereocenters. The maximum Gasteiger partial charge on any atom is 0.416 e. The Bertz CT molecular complexity index is 894. The van der Waals surface area contributed by atoms with E-state index in [4.69, 9.17) is 14.2 Å². The van der Waals surface area contributed by atoms with Crippen LogP contribution in [0.5, 0.6) is 5.75 Å². The Kier molecular flexibility index (Phi) is 5.25. The molecule has 0 amide bonds. The van der Waals surface area contributed by atoms with Gasteiger partial charge >= 0.3 is 6.18 Å². The molecule has 2 aromatic rings. The van der Waals surface area contributed by atoms with Gasteiger partial charge in [0.05, 0.1) is 36.6 Å². The summed E-state index contributed by atoms with van der Waals surface area (Å²) in [5.41, 5.74) is -0.760. The summed E-state index contributed by atoms with van der Waals surface area (Å²) < 4.78 is 84.5. The highest BCUT2D eigenvalue weighted by Gasteiger charge is 2.49. The van der Waals surface area contributed by atoms with Crippen molar-refractivity contribution in [1.82, 2.24) is 0 Å². The molecule has 1 fully saturated rings. The molecule has 0 aliphatic carbocycles. The van der Waals surface area contributed by atoms with Crippen LogP contribution in [0.2, 0.25) is 0 Å². The molecular formula is C20H17F5O3S. The molecular weight excluding hydrogens is 415 g/mol. The normalized spacial score (nSPS) is 23.5. The molecule has 0 radical (unpaired) electrons. The minimum atomic E-state index is -4.45. The van der Waals surface area contributed by atoms with Crippen LogP contribution in [0.25, 0.3) is 0 Å². The molecule has 2 aromatic carbocycles. The zero-order valence-electron chi connectivity index (χ0n) is 15.3. The molecule has 2 heterocycles. The lowest BCUT2D eigenvalue weighted by molar-refractivity contribution is -0.190. The lowest BCUT2D eigenvalue weighted by atomic mass is 9.89. The summed E-state index contributed by atoms with van der Waals surface area (Å²) in [4.78, 5) is 0.478. The Morgan fingerprint density at radius 1 is 0.966 bits per heavy atom. The van der Waals surface area contributed by atoms with Crippen molar-refractivity contribution in [2.45, 2.75) is 29.0 Å². The van der Waals surface area contributed by atoms with Gasteiger partial charge in [0.2, 0.25) is 0 Å². The van der Waals surface area contributed by atoms with Crippen LogP contribution < -0.4 is 4.74 Å². The van der Waals surface area contributed by atoms with Gasteiger partial charge in [0.15, 0.2) is 17.4 Å². The maximum absolute atomic E-state index is 14.7. The summed E-state index contributed by atoms with van der Waals surface area (Å²) in [7, 11) is 0. The predicted octanol–water partition coefficient (Wildman–Crippen LogP) is 5.59. The van der Waals surface area contributed by atoms with Gasteiger partial charge < -0.3 is 14.2 Å². The lowest BCUT2D eigenvalue weighted by Gasteiger charge is -2.41. The zero-order chi connectivity index (χ0) is 20.8. The highest BCUT2D eigenvalue weighted by Crippen LogP contribution is 2.53. The van der Waals surface area contributed by atoms with Gasteiger partial charge in [0, 0.05) is 10.5 Å². The third-order valence-corrected chi connectivity index (χ3v) is 6.49. The van der Waals surface area contributed by atoms with Crippen molar-refractivity contribution in [1.29, 1.82) is 0 Å². The van der Waals surface area contributed by atoms with E-state index in [2.05, 4.69) is 0 Å². The molecule has 0 aromatic heterocycles. The van der Waals surface area contributed by atoms with E-state index >= 15 is 0 Å². The van der Waals surface area contributed by atoms with Gasteiger partial charge in [0.25, 0.3) is 0 Å². The highest BCUT2D eigenvalue weighted by atomic mass is 32.2. The number of rotatable bonds is 3. The maximum atomic E-state index is 14.7. The predicted molar refractivity (Wildman–Crippen MR) is 95.7 cm³/mol. The van der Waals surface area contributed by atoms with E-state index in [0.717, 1.165) is 36.0 Å². The van der Waals surface area contributed by atoms with Gasteiger partial charge in [-0.15, -0.1) is 11.8 Å². The zero-order valence-corrected chi connectivity index (χ0v) is 16.1. The Morgan fingerprint density at radius 2 is 1.59 bits per heavy atom. The number of halogens is 5. The van der Waals surface area contributed by atoms with Gasteiger partial charge in [-0.2, -0.15) is 13.2 Å². The molecule has 0 saturated carbocycles. The van der Waals surface area contributed by atoms with Crippen LogP contribution >= 0.6 is 11.8 Å². The van der Waals surface area contributed by atoms with Crippen LogP contribution in [0, 0.1) is 17.6 Å². The molecule has 0 N–H and O–H groups in total. The van der Waals surface area contributed by atoms with E-state index in [-0.39, 0.29) is 17.9 Å². The first-order valence-corrected chi connectivity index (χ1v) is 9.79. The van der Waals surface area contributed by atoms with Crippen molar-refractivity contribution in [3.05, 3.63) is 59.2 Å². The molecule has 29 heavy (non-hydrogen) atoms. The van der Waals surface area contributed by atoms with Crippen molar-refractivity contribution in [3.63, 3.8) is 0 Å². The van der Waals surface area contributed by atoms with Crippen molar-refractivity contribution >= 4 is 11.8 Å². The number of hydrogen-bond acceptors (Lipinski definition) is 4. The fourth-order valence-electron chi connectivity index (χ4n) is 3.60. The fraction of sp³-hybridized carbons (Fsp3) is 0.400. The first-order chi connectivity index (χ1) is 13.7. The summed E-state index contributed by atoms with van der Waals surface area (Å²) in [5, 5.41) is -0.686. The van der Waals surface area contributed by atoms with E-state index in [9.17, 15) is 22.0 Å². The third-order valence-electron chi connectivity index (χ3n) is 5.13. The van der Waals surface area contributed by atoms with E-state index in [1.807, 2.05) is 0 Å². The van der Waals surface area contributed by atoms with Crippen LogP contribution in [-0.4, -0.2) is 25.6 Å². The van der Waals surface area contributed by atoms with E-state index in [1.54, 1.807) is 6.92 Å². The largest absolute Gasteiger partial charge is 0.490 e. The Hall–Kier alpha value is -1.84. The number of hydrogen-bond donors (Lipinski definition) is 0. The standard InChI is InChI=1S/C20H17F5O3S/c1-19(27-8-9-28-19)13-10-26-17-15(22)7-6-14(21)16(17)18(13)29-12-4-2-11(3-5-12)20(23,24)25/h2-7,13,18H,8-10H2,1H3/t13-,18+/m1/s1. The van der Waals surface area contributed by atoms with E-state index in [1.165, 1.54) is 12.1 Å². The molecule has 0 unspecified atom stereocenters. The smallest absolute Gasteiger partial charge is 0.416 e. The lowest BCUT2D eigenvalue weighted by Crippen LogP contribution is -2.44. The van der Waals surface area contributed by atoms with Gasteiger partial charge in [-0.3, -0.25) is 0 Å². The van der Waals surface area contributed by atoms with Crippen LogP contribution in [0.15, 0.2) is 41.3 Å². The second kappa shape index (κ2) is 7.45. The molecule has 156 valence electrons. The number of benzene rings is 2. The Balaban J connectivity index is 1.73. The molecule has 3 nitrogen and oxygen atoms in total. The second-order valence-corrected chi connectivity index (χ2v) is 8.18. The van der Waals surface area contributed by atoms with E-state index in [0.29, 0.717) is 18.1 Å². The summed E-state index contributed by atoms with van der Waals surface area (Å²) in [6, 6.07) is 6.55. The van der Waals surface area contributed by atoms with Crippen LogP contribution in [0.3, 0.4) is 0 Å². The summed E-state index contributed by atoms with van der Waals surface area (Å²) in [6.07, 6.45) is -4.45. The van der Waals surface area contributed by atoms with E-state index < -0.39 is 40.3 Å². The molecule has 1 saturated heterocycles. The van der Waals surface area contributed by atoms with Crippen molar-refractivity contribution < 1.29 is 36.2 Å². The Morgan fingerprint density at radius 3 is 2.21 bits per heavy atom. The first kappa shape index (κ1) is 20.4. The number of ether oxygens (including phenoxy) is 3. The quantitative estimate of drug-likeness (QED) is 0.591. The average Bonchev–Trinajstić information content (AvgIpc) is 3.12. The topological polar surface area (TPSA) is 27.7 Å². The average molecular weight is 432 g/mol. The van der Waals surface area contributed by atoms with Gasteiger partial charge in [-0.25, -0.2) is 8.78 Å². The summed E-state index contributed by atoms with van der Waals surface area (Å²) in [5.74, 6) is -3.14. The van der Waals surface area contributed by atoms with Gasteiger partial charge in [-0.05, 0) is 43.3 Å². The molecule has 4 rings (SSSR count). The SMILES string of the molecule is CC1([C@@H]2COc3c(F)ccc(F)c3[C@H]2Sc2ccc(C(F)(F)F)cc2)OCCO1. The number of thioether (sulfide) groups is 1.